The molecule has 2 amide bonds. The molecular formula is C26H25NO10S. The van der Waals surface area contributed by atoms with Crippen LogP contribution >= 0.6 is 0 Å². The van der Waals surface area contributed by atoms with E-state index in [0.717, 1.165) is 25.7 Å². The molecule has 2 aliphatic rings. The highest BCUT2D eigenvalue weighted by Gasteiger charge is 2.58. The third-order valence-electron chi connectivity index (χ3n) is 5.98. The Morgan fingerprint density at radius 1 is 0.816 bits per heavy atom. The van der Waals surface area contributed by atoms with Gasteiger partial charge in [-0.05, 0) is 24.3 Å². The largest absolute Gasteiger partial charge is 0.463 e. The van der Waals surface area contributed by atoms with Crippen molar-refractivity contribution in [1.29, 1.82) is 0 Å². The Labute approximate surface area is 220 Å². The number of carbonyl (C=O) groups is 5. The van der Waals surface area contributed by atoms with Gasteiger partial charge in [0.25, 0.3) is 11.8 Å². The molecule has 2 aromatic carbocycles. The summed E-state index contributed by atoms with van der Waals surface area (Å²) in [5.74, 6) is -3.70. The zero-order valence-electron chi connectivity index (χ0n) is 20.7. The van der Waals surface area contributed by atoms with Gasteiger partial charge in [0.2, 0.25) is 0 Å². The molecule has 6 atom stereocenters. The average molecular weight is 544 g/mol. The molecule has 0 spiro atoms. The fraction of sp³-hybridized carbons (Fsp3) is 0.346. The lowest BCUT2D eigenvalue weighted by Gasteiger charge is -2.47. The van der Waals surface area contributed by atoms with E-state index in [1.165, 1.54) is 12.1 Å². The van der Waals surface area contributed by atoms with Gasteiger partial charge in [0.1, 0.15) is 18.8 Å². The summed E-state index contributed by atoms with van der Waals surface area (Å²) in [5, 5.41) is 0. The van der Waals surface area contributed by atoms with Crippen molar-refractivity contribution in [3.05, 3.63) is 65.7 Å². The maximum absolute atomic E-state index is 13.9. The van der Waals surface area contributed by atoms with Gasteiger partial charge in [-0.25, -0.2) is 0 Å². The molecule has 0 bridgehead atoms. The first kappa shape index (κ1) is 27.1. The summed E-state index contributed by atoms with van der Waals surface area (Å²) < 4.78 is 36.1. The van der Waals surface area contributed by atoms with E-state index >= 15 is 0 Å². The predicted octanol–water partition coefficient (Wildman–Crippen LogP) is 1.61. The lowest BCUT2D eigenvalue weighted by molar-refractivity contribution is -0.217. The highest BCUT2D eigenvalue weighted by molar-refractivity contribution is 7.85. The van der Waals surface area contributed by atoms with Crippen molar-refractivity contribution in [2.75, 3.05) is 6.61 Å². The Balaban J connectivity index is 1.87. The second kappa shape index (κ2) is 11.2. The molecule has 6 unspecified atom stereocenters. The number of nitrogens with zero attached hydrogens (tertiary/aromatic N) is 1. The third kappa shape index (κ3) is 5.36. The van der Waals surface area contributed by atoms with Crippen LogP contribution < -0.4 is 0 Å². The Kier molecular flexibility index (Phi) is 8.02. The second-order valence-corrected chi connectivity index (χ2v) is 10.2. The number of esters is 3. The van der Waals surface area contributed by atoms with Crippen LogP contribution in [0.15, 0.2) is 59.5 Å². The summed E-state index contributed by atoms with van der Waals surface area (Å²) in [7, 11) is -2.03. The van der Waals surface area contributed by atoms with Gasteiger partial charge in [0.05, 0.1) is 21.9 Å². The maximum atomic E-state index is 13.9. The zero-order chi connectivity index (χ0) is 27.6. The van der Waals surface area contributed by atoms with Crippen molar-refractivity contribution in [2.45, 2.75) is 55.5 Å². The minimum atomic E-state index is -2.03. The van der Waals surface area contributed by atoms with Crippen LogP contribution in [0, 0.1) is 0 Å². The first-order chi connectivity index (χ1) is 18.1. The van der Waals surface area contributed by atoms with Crippen LogP contribution in [0.4, 0.5) is 0 Å². The number of amides is 2. The molecule has 0 radical (unpaired) electrons. The van der Waals surface area contributed by atoms with Gasteiger partial charge < -0.3 is 18.9 Å². The summed E-state index contributed by atoms with van der Waals surface area (Å²) in [4.78, 5) is 64.0. The third-order valence-corrected chi connectivity index (χ3v) is 7.53. The van der Waals surface area contributed by atoms with Crippen LogP contribution in [0.5, 0.6) is 0 Å². The van der Waals surface area contributed by atoms with Crippen molar-refractivity contribution in [2.24, 2.45) is 0 Å². The number of fused-ring (bicyclic) bond motifs is 1. The lowest BCUT2D eigenvalue weighted by atomic mass is 9.96. The summed E-state index contributed by atoms with van der Waals surface area (Å²) in [6.07, 6.45) is -4.14. The summed E-state index contributed by atoms with van der Waals surface area (Å²) in [6, 6.07) is 12.8. The first-order valence-corrected chi connectivity index (χ1v) is 12.9. The fourth-order valence-corrected chi connectivity index (χ4v) is 5.97. The molecule has 2 heterocycles. The monoisotopic (exact) mass is 543 g/mol. The van der Waals surface area contributed by atoms with Gasteiger partial charge in [0.15, 0.2) is 17.6 Å². The molecule has 1 saturated heterocycles. The number of hydrogen-bond acceptors (Lipinski definition) is 10. The Hall–Kier alpha value is -3.90. The Bertz CT molecular complexity index is 1260. The molecule has 200 valence electrons. The van der Waals surface area contributed by atoms with Crippen molar-refractivity contribution < 1.29 is 47.1 Å². The number of imide groups is 1. The van der Waals surface area contributed by atoms with E-state index in [4.69, 9.17) is 18.9 Å². The predicted molar refractivity (Wildman–Crippen MR) is 130 cm³/mol. The molecule has 2 aliphatic heterocycles. The van der Waals surface area contributed by atoms with E-state index in [-0.39, 0.29) is 11.1 Å². The topological polar surface area (TPSA) is 143 Å². The van der Waals surface area contributed by atoms with Crippen LogP contribution in [0.2, 0.25) is 0 Å². The smallest absolute Gasteiger partial charge is 0.303 e. The van der Waals surface area contributed by atoms with Crippen LogP contribution in [-0.2, 0) is 44.1 Å². The highest BCUT2D eigenvalue weighted by Crippen LogP contribution is 2.37. The van der Waals surface area contributed by atoms with E-state index in [1.807, 2.05) is 0 Å². The summed E-state index contributed by atoms with van der Waals surface area (Å²) in [6.45, 7) is 2.93. The average Bonchev–Trinajstić information content (AvgIpc) is 3.13. The number of carbonyl (C=O) groups excluding carboxylic acids is 5. The van der Waals surface area contributed by atoms with E-state index in [0.29, 0.717) is 4.90 Å². The van der Waals surface area contributed by atoms with Crippen molar-refractivity contribution in [3.63, 3.8) is 0 Å². The molecule has 4 rings (SSSR count). The van der Waals surface area contributed by atoms with Gasteiger partial charge in [-0.2, -0.15) is 0 Å². The van der Waals surface area contributed by atoms with E-state index < -0.39 is 76.9 Å². The molecular weight excluding hydrogens is 518 g/mol. The fourth-order valence-electron chi connectivity index (χ4n) is 4.50. The normalized spacial score (nSPS) is 25.3. The van der Waals surface area contributed by atoms with Crippen LogP contribution in [0.1, 0.15) is 41.5 Å². The Morgan fingerprint density at radius 3 is 1.87 bits per heavy atom. The molecule has 1 fully saturated rings. The second-order valence-electron chi connectivity index (χ2n) is 8.62. The van der Waals surface area contributed by atoms with E-state index in [1.54, 1.807) is 42.5 Å². The van der Waals surface area contributed by atoms with Crippen LogP contribution in [-0.4, -0.2) is 75.2 Å². The lowest BCUT2D eigenvalue weighted by Crippen LogP contribution is -2.67. The molecule has 11 nitrogen and oxygen atoms in total. The zero-order valence-corrected chi connectivity index (χ0v) is 21.5. The number of ether oxygens (including phenoxy) is 4. The molecule has 2 aromatic rings. The number of rotatable bonds is 7. The van der Waals surface area contributed by atoms with E-state index in [9.17, 15) is 28.2 Å². The number of hydrogen-bond donors (Lipinski definition) is 0. The van der Waals surface area contributed by atoms with Gasteiger partial charge in [-0.1, -0.05) is 30.3 Å². The summed E-state index contributed by atoms with van der Waals surface area (Å²) in [5.41, 5.74) is -1.24. The maximum Gasteiger partial charge on any atom is 0.303 e. The first-order valence-electron chi connectivity index (χ1n) is 11.7. The Morgan fingerprint density at radius 2 is 1.34 bits per heavy atom. The minimum Gasteiger partial charge on any atom is -0.463 e. The van der Waals surface area contributed by atoms with Crippen LogP contribution in [0.3, 0.4) is 0 Å². The van der Waals surface area contributed by atoms with Crippen molar-refractivity contribution in [3.8, 4) is 0 Å². The molecule has 0 N–H and O–H groups in total. The van der Waals surface area contributed by atoms with Gasteiger partial charge in [-0.15, -0.1) is 0 Å². The van der Waals surface area contributed by atoms with Gasteiger partial charge >= 0.3 is 17.9 Å². The molecule has 38 heavy (non-hydrogen) atoms. The van der Waals surface area contributed by atoms with Gasteiger partial charge in [0, 0.05) is 25.7 Å². The van der Waals surface area contributed by atoms with Crippen LogP contribution in [0.25, 0.3) is 0 Å². The van der Waals surface area contributed by atoms with E-state index in [2.05, 4.69) is 0 Å². The standard InChI is InChI=1S/C26H25NO10S/c1-14(28)34-13-20-22(35-15(2)29)23(36-16(3)30)21(26(37-20)38(33)17-9-5-4-6-10-17)27-24(31)18-11-7-8-12-19(18)25(27)32/h4-12,20-23,26H,13H2,1-3H3. The molecule has 12 heteroatoms. The van der Waals surface area contributed by atoms with Crippen molar-refractivity contribution >= 4 is 40.5 Å². The quantitative estimate of drug-likeness (QED) is 0.287. The molecule has 0 saturated carbocycles. The minimum absolute atomic E-state index is 0.106. The highest BCUT2D eigenvalue weighted by atomic mass is 32.2. The summed E-state index contributed by atoms with van der Waals surface area (Å²) >= 11 is 0. The SMILES string of the molecule is CC(=O)OCC1OC(S(=O)c2ccccc2)C(N2C(=O)c3ccccc3C2=O)C(OC(C)=O)C1OC(C)=O. The van der Waals surface area contributed by atoms with Crippen molar-refractivity contribution in [1.82, 2.24) is 4.90 Å². The number of benzene rings is 2. The molecule has 0 aromatic heterocycles. The molecule has 0 aliphatic carbocycles. The van der Waals surface area contributed by atoms with Gasteiger partial charge in [-0.3, -0.25) is 33.1 Å².